The van der Waals surface area contributed by atoms with E-state index < -0.39 is 0 Å². The zero-order chi connectivity index (χ0) is 13.2. The summed E-state index contributed by atoms with van der Waals surface area (Å²) in [6, 6.07) is 7.58. The quantitative estimate of drug-likeness (QED) is 0.890. The monoisotopic (exact) mass is 256 g/mol. The van der Waals surface area contributed by atoms with Crippen molar-refractivity contribution in [3.8, 4) is 0 Å². The maximum atomic E-state index is 3.66. The van der Waals surface area contributed by atoms with Gasteiger partial charge in [0.05, 0.1) is 0 Å². The van der Waals surface area contributed by atoms with Gasteiger partial charge in [-0.15, -0.1) is 0 Å². The van der Waals surface area contributed by atoms with Gasteiger partial charge >= 0.3 is 0 Å². The van der Waals surface area contributed by atoms with E-state index in [2.05, 4.69) is 48.3 Å². The van der Waals surface area contributed by atoms with E-state index in [0.29, 0.717) is 6.04 Å². The van der Waals surface area contributed by atoms with Crippen LogP contribution in [0.1, 0.15) is 37.3 Å². The van der Waals surface area contributed by atoms with Gasteiger partial charge in [0.15, 0.2) is 0 Å². The second-order valence-corrected chi connectivity index (χ2v) is 5.82. The Kier molecular flexibility index (Phi) is 3.61. The number of nitrogens with one attached hydrogen (secondary N) is 1. The summed E-state index contributed by atoms with van der Waals surface area (Å²) in [5, 5.41) is 5.11. The molecule has 2 aromatic rings. The van der Waals surface area contributed by atoms with Crippen molar-refractivity contribution in [2.45, 2.75) is 45.1 Å². The predicted molar refractivity (Wildman–Crippen MR) is 81.6 cm³/mol. The Labute approximate surface area is 115 Å². The Bertz CT molecular complexity index is 562. The molecular weight excluding hydrogens is 232 g/mol. The number of fused-ring (bicyclic) bond motifs is 1. The molecule has 1 N–H and O–H groups in total. The third-order valence-electron chi connectivity index (χ3n) is 4.42. The van der Waals surface area contributed by atoms with Gasteiger partial charge in [0.25, 0.3) is 0 Å². The highest BCUT2D eigenvalue weighted by atomic mass is 14.9. The number of hydrogen-bond donors (Lipinski definition) is 1. The van der Waals surface area contributed by atoms with Gasteiger partial charge in [0.1, 0.15) is 0 Å². The topological polar surface area (TPSA) is 17.0 Å². The van der Waals surface area contributed by atoms with Gasteiger partial charge in [-0.3, -0.25) is 0 Å². The van der Waals surface area contributed by atoms with Crippen LogP contribution in [0, 0.1) is 0 Å². The van der Waals surface area contributed by atoms with E-state index >= 15 is 0 Å². The van der Waals surface area contributed by atoms with Crippen molar-refractivity contribution in [2.24, 2.45) is 7.05 Å². The van der Waals surface area contributed by atoms with Gasteiger partial charge in [-0.2, -0.15) is 0 Å². The maximum absolute atomic E-state index is 3.66. The van der Waals surface area contributed by atoms with Crippen LogP contribution >= 0.6 is 0 Å². The van der Waals surface area contributed by atoms with Crippen LogP contribution in [0.5, 0.6) is 0 Å². The lowest BCUT2D eigenvalue weighted by Gasteiger charge is -2.23. The molecule has 0 spiro atoms. The molecule has 0 amide bonds. The van der Waals surface area contributed by atoms with Crippen LogP contribution in [-0.2, 0) is 19.9 Å². The molecule has 3 rings (SSSR count). The van der Waals surface area contributed by atoms with Crippen molar-refractivity contribution < 1.29 is 0 Å². The minimum absolute atomic E-state index is 0.671. The molecular formula is C17H24N2. The first-order chi connectivity index (χ1) is 9.28. The summed E-state index contributed by atoms with van der Waals surface area (Å²) in [4.78, 5) is 0. The molecule has 0 saturated carbocycles. The number of aryl methyl sites for hydroxylation is 2. The molecule has 1 aliphatic heterocycles. The third kappa shape index (κ3) is 2.55. The zero-order valence-corrected chi connectivity index (χ0v) is 12.1. The molecule has 2 nitrogen and oxygen atoms in total. The van der Waals surface area contributed by atoms with Crippen LogP contribution in [0.4, 0.5) is 0 Å². The molecule has 0 aliphatic carbocycles. The number of rotatable bonds is 3. The molecule has 1 atom stereocenters. The molecule has 2 heteroatoms. The fourth-order valence-electron chi connectivity index (χ4n) is 3.27. The van der Waals surface area contributed by atoms with E-state index in [1.54, 1.807) is 0 Å². The van der Waals surface area contributed by atoms with Crippen LogP contribution in [0.3, 0.4) is 0 Å². The van der Waals surface area contributed by atoms with Crippen molar-refractivity contribution in [2.75, 3.05) is 6.54 Å². The molecule has 1 aliphatic rings. The van der Waals surface area contributed by atoms with Gasteiger partial charge < -0.3 is 9.88 Å². The van der Waals surface area contributed by atoms with Crippen molar-refractivity contribution in [3.63, 3.8) is 0 Å². The van der Waals surface area contributed by atoms with Crippen molar-refractivity contribution in [1.29, 1.82) is 0 Å². The first-order valence-corrected chi connectivity index (χ1v) is 7.58. The highest BCUT2D eigenvalue weighted by Gasteiger charge is 2.16. The second-order valence-electron chi connectivity index (χ2n) is 5.82. The van der Waals surface area contributed by atoms with Crippen LogP contribution in [0.25, 0.3) is 10.9 Å². The molecule has 19 heavy (non-hydrogen) atoms. The third-order valence-corrected chi connectivity index (χ3v) is 4.42. The Morgan fingerprint density at radius 1 is 1.32 bits per heavy atom. The van der Waals surface area contributed by atoms with E-state index in [0.717, 1.165) is 6.42 Å². The average Bonchev–Trinajstić information content (AvgIpc) is 2.76. The number of aromatic nitrogens is 1. The highest BCUT2D eigenvalue weighted by Crippen LogP contribution is 2.25. The molecule has 1 fully saturated rings. The lowest BCUT2D eigenvalue weighted by Crippen LogP contribution is -2.35. The van der Waals surface area contributed by atoms with Gasteiger partial charge in [-0.05, 0) is 55.5 Å². The molecule has 102 valence electrons. The summed E-state index contributed by atoms with van der Waals surface area (Å²) < 4.78 is 2.27. The van der Waals surface area contributed by atoms with Crippen molar-refractivity contribution in [3.05, 3.63) is 35.5 Å². The Balaban J connectivity index is 1.93. The van der Waals surface area contributed by atoms with Crippen LogP contribution < -0.4 is 5.32 Å². The molecule has 1 aromatic carbocycles. The first kappa shape index (κ1) is 12.7. The minimum Gasteiger partial charge on any atom is -0.350 e. The summed E-state index contributed by atoms with van der Waals surface area (Å²) >= 11 is 0. The average molecular weight is 256 g/mol. The van der Waals surface area contributed by atoms with Crippen LogP contribution in [0.2, 0.25) is 0 Å². The Morgan fingerprint density at radius 2 is 2.21 bits per heavy atom. The lowest BCUT2D eigenvalue weighted by molar-refractivity contribution is 0.400. The molecule has 2 heterocycles. The fourth-order valence-corrected chi connectivity index (χ4v) is 3.27. The van der Waals surface area contributed by atoms with Crippen LogP contribution in [0.15, 0.2) is 24.4 Å². The van der Waals surface area contributed by atoms with E-state index in [-0.39, 0.29) is 0 Å². The van der Waals surface area contributed by atoms with E-state index in [9.17, 15) is 0 Å². The molecule has 1 saturated heterocycles. The molecule has 0 radical (unpaired) electrons. The smallest absolute Gasteiger partial charge is 0.0480 e. The summed E-state index contributed by atoms with van der Waals surface area (Å²) in [7, 11) is 2.16. The van der Waals surface area contributed by atoms with E-state index in [1.807, 2.05) is 0 Å². The Morgan fingerprint density at radius 3 is 2.95 bits per heavy atom. The zero-order valence-electron chi connectivity index (χ0n) is 12.1. The van der Waals surface area contributed by atoms with E-state index in [1.165, 1.54) is 54.3 Å². The van der Waals surface area contributed by atoms with Crippen LogP contribution in [-0.4, -0.2) is 17.2 Å². The number of piperidine rings is 1. The normalized spacial score (nSPS) is 20.0. The Hall–Kier alpha value is -1.28. The van der Waals surface area contributed by atoms with Gasteiger partial charge in [0, 0.05) is 30.2 Å². The highest BCUT2D eigenvalue weighted by molar-refractivity contribution is 5.84. The summed E-state index contributed by atoms with van der Waals surface area (Å²) in [5.74, 6) is 0. The summed E-state index contributed by atoms with van der Waals surface area (Å²) in [6.07, 6.45) is 8.65. The number of hydrogen-bond acceptors (Lipinski definition) is 1. The predicted octanol–water partition coefficient (Wildman–Crippen LogP) is 3.43. The first-order valence-electron chi connectivity index (χ1n) is 7.58. The van der Waals surface area contributed by atoms with Gasteiger partial charge in [-0.1, -0.05) is 19.4 Å². The molecule has 1 aromatic heterocycles. The summed E-state index contributed by atoms with van der Waals surface area (Å²) in [5.41, 5.74) is 4.31. The molecule has 1 unspecified atom stereocenters. The van der Waals surface area contributed by atoms with Crippen molar-refractivity contribution in [1.82, 2.24) is 9.88 Å². The fraction of sp³-hybridized carbons (Fsp3) is 0.529. The van der Waals surface area contributed by atoms with Gasteiger partial charge in [-0.25, -0.2) is 0 Å². The SMILES string of the molecule is CCc1ccc2c(c1)c(CC1CCCCN1)cn2C. The number of benzene rings is 1. The standard InChI is InChI=1S/C17H24N2/c1-3-13-7-8-17-16(10-13)14(12-19(17)2)11-15-6-4-5-9-18-15/h7-8,10,12,15,18H,3-6,9,11H2,1-2H3. The minimum atomic E-state index is 0.671. The number of nitrogens with zero attached hydrogens (tertiary/aromatic N) is 1. The van der Waals surface area contributed by atoms with Gasteiger partial charge in [0.2, 0.25) is 0 Å². The van der Waals surface area contributed by atoms with E-state index in [4.69, 9.17) is 0 Å². The largest absolute Gasteiger partial charge is 0.350 e. The van der Waals surface area contributed by atoms with Crippen molar-refractivity contribution >= 4 is 10.9 Å². The lowest BCUT2D eigenvalue weighted by atomic mass is 9.97. The molecule has 0 bridgehead atoms. The second kappa shape index (κ2) is 5.38. The summed E-state index contributed by atoms with van der Waals surface area (Å²) in [6.45, 7) is 3.42. The maximum Gasteiger partial charge on any atom is 0.0480 e.